The van der Waals surface area contributed by atoms with E-state index in [9.17, 15) is 14.7 Å². The molecule has 5 N–H and O–H groups in total. The third-order valence-electron chi connectivity index (χ3n) is 4.54. The monoisotopic (exact) mass is 353 g/mol. The number of carbonyl (C=O) groups is 2. The second-order valence-electron chi connectivity index (χ2n) is 6.37. The minimum absolute atomic E-state index is 0.211. The van der Waals surface area contributed by atoms with E-state index in [0.29, 0.717) is 22.4 Å². The van der Waals surface area contributed by atoms with E-state index in [1.165, 1.54) is 30.7 Å². The first-order valence-corrected chi connectivity index (χ1v) is 8.60. The molecule has 0 radical (unpaired) electrons. The van der Waals surface area contributed by atoms with Crippen LogP contribution in [0.3, 0.4) is 0 Å². The Labute approximate surface area is 146 Å². The van der Waals surface area contributed by atoms with Crippen LogP contribution in [-0.4, -0.2) is 34.1 Å². The van der Waals surface area contributed by atoms with E-state index in [-0.39, 0.29) is 5.56 Å². The summed E-state index contributed by atoms with van der Waals surface area (Å²) in [4.78, 5) is 24.4. The zero-order valence-electron chi connectivity index (χ0n) is 13.5. The van der Waals surface area contributed by atoms with Crippen LogP contribution in [0.4, 0.5) is 0 Å². The number of rotatable bonds is 5. The van der Waals surface area contributed by atoms with Crippen LogP contribution in [0.2, 0.25) is 5.02 Å². The number of amides is 2. The highest BCUT2D eigenvalue weighted by Crippen LogP contribution is 2.27. The van der Waals surface area contributed by atoms with Crippen LogP contribution in [0.25, 0.3) is 0 Å². The Morgan fingerprint density at radius 3 is 2.38 bits per heavy atom. The summed E-state index contributed by atoms with van der Waals surface area (Å²) in [6.45, 7) is 0. The highest BCUT2D eigenvalue weighted by molar-refractivity contribution is 6.30. The van der Waals surface area contributed by atoms with E-state index in [0.717, 1.165) is 25.7 Å². The number of aliphatic hydroxyl groups excluding tert-OH is 1. The van der Waals surface area contributed by atoms with E-state index in [2.05, 4.69) is 0 Å². The van der Waals surface area contributed by atoms with Crippen LogP contribution in [0.1, 0.15) is 48.9 Å². The number of imide groups is 1. The molecule has 6 nitrogen and oxygen atoms in total. The molecule has 2 amide bonds. The molecule has 1 unspecified atom stereocenters. The van der Waals surface area contributed by atoms with Gasteiger partial charge in [-0.05, 0) is 36.6 Å². The molecule has 7 heteroatoms. The Bertz CT molecular complexity index is 573. The van der Waals surface area contributed by atoms with Crippen LogP contribution in [0.5, 0.6) is 0 Å². The molecule has 1 aliphatic carbocycles. The quantitative estimate of drug-likeness (QED) is 0.425. The van der Waals surface area contributed by atoms with Gasteiger partial charge < -0.3 is 10.8 Å². The summed E-state index contributed by atoms with van der Waals surface area (Å²) in [5.74, 6) is 4.40. The zero-order valence-corrected chi connectivity index (χ0v) is 14.3. The Balaban J connectivity index is 1.95. The molecular formula is C17H24ClN3O3. The summed E-state index contributed by atoms with van der Waals surface area (Å²) in [6.07, 6.45) is 4.71. The van der Waals surface area contributed by atoms with E-state index < -0.39 is 24.0 Å². The van der Waals surface area contributed by atoms with Gasteiger partial charge in [-0.2, -0.15) is 0 Å². The number of carbonyl (C=O) groups excluding carboxylic acids is 2. The van der Waals surface area contributed by atoms with Crippen LogP contribution >= 0.6 is 11.6 Å². The molecule has 0 spiro atoms. The molecule has 2 rings (SSSR count). The number of hydrogen-bond acceptors (Lipinski definition) is 5. The van der Waals surface area contributed by atoms with E-state index in [4.69, 9.17) is 23.2 Å². The minimum atomic E-state index is -1.49. The van der Waals surface area contributed by atoms with E-state index in [1.54, 1.807) is 0 Å². The molecule has 0 aliphatic heterocycles. The fraction of sp³-hybridized carbons (Fsp3) is 0.529. The van der Waals surface area contributed by atoms with Crippen LogP contribution in [0, 0.1) is 5.92 Å². The van der Waals surface area contributed by atoms with Crippen molar-refractivity contribution in [1.82, 2.24) is 5.01 Å². The van der Waals surface area contributed by atoms with Crippen LogP contribution < -0.4 is 11.6 Å². The third kappa shape index (κ3) is 4.77. The largest absolute Gasteiger partial charge is 0.382 e. The number of nitrogens with two attached hydrogens (primary N) is 2. The minimum Gasteiger partial charge on any atom is -0.382 e. The fourth-order valence-corrected chi connectivity index (χ4v) is 3.22. The summed E-state index contributed by atoms with van der Waals surface area (Å²) in [6, 6.07) is 5.25. The second kappa shape index (κ2) is 8.58. The van der Waals surface area contributed by atoms with Crippen molar-refractivity contribution in [2.45, 2.75) is 50.7 Å². The van der Waals surface area contributed by atoms with Gasteiger partial charge in [-0.3, -0.25) is 9.59 Å². The Kier molecular flexibility index (Phi) is 6.74. The first kappa shape index (κ1) is 18.9. The lowest BCUT2D eigenvalue weighted by molar-refractivity contribution is -0.138. The topological polar surface area (TPSA) is 110 Å². The number of nitrogens with zero attached hydrogens (tertiary/aromatic N) is 1. The van der Waals surface area contributed by atoms with Crippen molar-refractivity contribution in [3.63, 3.8) is 0 Å². The maximum Gasteiger partial charge on any atom is 0.274 e. The molecule has 24 heavy (non-hydrogen) atoms. The summed E-state index contributed by atoms with van der Waals surface area (Å²) >= 11 is 5.76. The van der Waals surface area contributed by atoms with Gasteiger partial charge in [0.25, 0.3) is 11.8 Å². The van der Waals surface area contributed by atoms with Crippen LogP contribution in [-0.2, 0) is 4.79 Å². The van der Waals surface area contributed by atoms with E-state index >= 15 is 0 Å². The molecule has 0 saturated heterocycles. The average molecular weight is 354 g/mol. The lowest BCUT2D eigenvalue weighted by atomic mass is 9.84. The summed E-state index contributed by atoms with van der Waals surface area (Å²) in [5, 5.41) is 11.1. The Hall–Kier alpha value is -1.47. The molecule has 0 heterocycles. The summed E-state index contributed by atoms with van der Waals surface area (Å²) in [5.41, 5.74) is 6.18. The van der Waals surface area contributed by atoms with Gasteiger partial charge in [0.1, 0.15) is 6.10 Å². The number of aliphatic hydroxyl groups is 1. The highest BCUT2D eigenvalue weighted by atomic mass is 35.5. The van der Waals surface area contributed by atoms with Crippen LogP contribution in [0.15, 0.2) is 24.3 Å². The molecule has 1 aliphatic rings. The first-order valence-electron chi connectivity index (χ1n) is 8.22. The number of halogens is 1. The molecule has 0 bridgehead atoms. The molecule has 132 valence electrons. The third-order valence-corrected chi connectivity index (χ3v) is 4.79. The highest BCUT2D eigenvalue weighted by Gasteiger charge is 2.31. The second-order valence-corrected chi connectivity index (χ2v) is 6.81. The SMILES string of the molecule is N[C@H](CC1CCCCC1)C(O)C(=O)N(N)C(=O)c1ccc(Cl)cc1. The summed E-state index contributed by atoms with van der Waals surface area (Å²) < 4.78 is 0. The van der Waals surface area contributed by atoms with Gasteiger partial charge in [-0.25, -0.2) is 10.9 Å². The van der Waals surface area contributed by atoms with Gasteiger partial charge in [0.15, 0.2) is 0 Å². The molecular weight excluding hydrogens is 330 g/mol. The Morgan fingerprint density at radius 1 is 1.21 bits per heavy atom. The molecule has 2 atom stereocenters. The van der Waals surface area contributed by atoms with Crippen molar-refractivity contribution < 1.29 is 14.7 Å². The number of hydrogen-bond donors (Lipinski definition) is 3. The molecule has 1 aromatic rings. The predicted octanol–water partition coefficient (Wildman–Crippen LogP) is 1.84. The number of benzene rings is 1. The van der Waals surface area contributed by atoms with Crippen molar-refractivity contribution in [1.29, 1.82) is 0 Å². The lowest BCUT2D eigenvalue weighted by Crippen LogP contribution is -2.53. The molecule has 1 aromatic carbocycles. The standard InChI is InChI=1S/C17H24ClN3O3/c18-13-8-6-12(7-9-13)16(23)21(20)17(24)15(22)14(19)10-11-4-2-1-3-5-11/h6-9,11,14-15,22H,1-5,10,19-20H2/t14-,15?/m1/s1. The van der Waals surface area contributed by atoms with E-state index in [1.807, 2.05) is 0 Å². The number of hydrazine groups is 1. The van der Waals surface area contributed by atoms with Gasteiger partial charge in [0.2, 0.25) is 0 Å². The van der Waals surface area contributed by atoms with Gasteiger partial charge in [0.05, 0.1) is 0 Å². The fourth-order valence-electron chi connectivity index (χ4n) is 3.09. The van der Waals surface area contributed by atoms with Gasteiger partial charge >= 0.3 is 0 Å². The van der Waals surface area contributed by atoms with Crippen molar-refractivity contribution in [2.24, 2.45) is 17.5 Å². The Morgan fingerprint density at radius 2 is 1.79 bits per heavy atom. The van der Waals surface area contributed by atoms with Crippen molar-refractivity contribution in [3.05, 3.63) is 34.9 Å². The normalized spacial score (nSPS) is 18.0. The maximum absolute atomic E-state index is 12.2. The molecule has 1 fully saturated rings. The van der Waals surface area contributed by atoms with Gasteiger partial charge in [0, 0.05) is 16.6 Å². The maximum atomic E-state index is 12.2. The summed E-state index contributed by atoms with van der Waals surface area (Å²) in [7, 11) is 0. The van der Waals surface area contributed by atoms with Crippen molar-refractivity contribution in [3.8, 4) is 0 Å². The average Bonchev–Trinajstić information content (AvgIpc) is 2.60. The van der Waals surface area contributed by atoms with Gasteiger partial charge in [-0.1, -0.05) is 43.7 Å². The smallest absolute Gasteiger partial charge is 0.274 e. The predicted molar refractivity (Wildman–Crippen MR) is 92.0 cm³/mol. The lowest BCUT2D eigenvalue weighted by Gasteiger charge is -2.28. The first-order chi connectivity index (χ1) is 11.4. The van der Waals surface area contributed by atoms with Gasteiger partial charge in [-0.15, -0.1) is 0 Å². The zero-order chi connectivity index (χ0) is 17.7. The van der Waals surface area contributed by atoms with Crippen molar-refractivity contribution >= 4 is 23.4 Å². The van der Waals surface area contributed by atoms with Crippen molar-refractivity contribution in [2.75, 3.05) is 0 Å². The molecule has 0 aromatic heterocycles. The molecule has 1 saturated carbocycles.